The van der Waals surface area contributed by atoms with E-state index in [0.29, 0.717) is 34.8 Å². The largest absolute Gasteiger partial charge is 0.326 e. The van der Waals surface area contributed by atoms with E-state index >= 15 is 0 Å². The van der Waals surface area contributed by atoms with Crippen LogP contribution in [0.4, 0.5) is 5.69 Å². The van der Waals surface area contributed by atoms with Gasteiger partial charge >= 0.3 is 0 Å². The van der Waals surface area contributed by atoms with Crippen molar-refractivity contribution in [3.63, 3.8) is 0 Å². The molecular weight excluding hydrogens is 368 g/mol. The second kappa shape index (κ2) is 6.31. The van der Waals surface area contributed by atoms with Crippen molar-refractivity contribution in [2.45, 2.75) is 24.2 Å². The first-order valence-corrected chi connectivity index (χ1v) is 9.94. The topological polar surface area (TPSA) is 101 Å². The van der Waals surface area contributed by atoms with Gasteiger partial charge in [0.2, 0.25) is 5.91 Å². The number of carbonyl (C=O) groups excluding carboxylic acids is 3. The van der Waals surface area contributed by atoms with Crippen LogP contribution in [0.5, 0.6) is 0 Å². The lowest BCUT2D eigenvalue weighted by Crippen LogP contribution is -2.35. The summed E-state index contributed by atoms with van der Waals surface area (Å²) in [5.41, 5.74) is 1.87. The van der Waals surface area contributed by atoms with Crippen LogP contribution in [0, 0.1) is 0 Å². The number of Topliss-reactive ketones (excluding diaryl/α,β-unsaturated/α-hetero) is 1. The monoisotopic (exact) mass is 384 g/mol. The highest BCUT2D eigenvalue weighted by Crippen LogP contribution is 2.30. The Hall–Kier alpha value is -3.00. The van der Waals surface area contributed by atoms with E-state index in [1.807, 2.05) is 0 Å². The minimum absolute atomic E-state index is 0.0700. The molecular formula is C19H16N2O5S. The van der Waals surface area contributed by atoms with Gasteiger partial charge in [-0.25, -0.2) is 12.7 Å². The van der Waals surface area contributed by atoms with Gasteiger partial charge in [-0.15, -0.1) is 0 Å². The summed E-state index contributed by atoms with van der Waals surface area (Å²) in [5, 5.41) is 2.78. The van der Waals surface area contributed by atoms with Crippen LogP contribution in [0.25, 0.3) is 0 Å². The Balaban J connectivity index is 1.61. The molecule has 0 saturated heterocycles. The van der Waals surface area contributed by atoms with Gasteiger partial charge in [-0.2, -0.15) is 0 Å². The third kappa shape index (κ3) is 2.91. The van der Waals surface area contributed by atoms with Crippen molar-refractivity contribution in [3.05, 3.63) is 59.2 Å². The van der Waals surface area contributed by atoms with Crippen LogP contribution in [0.15, 0.2) is 47.4 Å². The van der Waals surface area contributed by atoms with Crippen LogP contribution in [0.1, 0.15) is 39.1 Å². The second-order valence-electron chi connectivity index (χ2n) is 6.51. The molecule has 0 aromatic heterocycles. The predicted octanol–water partition coefficient (Wildman–Crippen LogP) is 1.99. The Morgan fingerprint density at radius 3 is 2.63 bits per heavy atom. The number of benzene rings is 2. The zero-order chi connectivity index (χ0) is 19.2. The molecule has 8 heteroatoms. The molecule has 138 valence electrons. The minimum atomic E-state index is -4.02. The maximum Gasteiger partial charge on any atom is 0.269 e. The number of hydrogen-bond donors (Lipinski definition) is 1. The fraction of sp³-hybridized carbons (Fsp3) is 0.211. The lowest BCUT2D eigenvalue weighted by atomic mass is 10.0. The molecule has 2 aromatic carbocycles. The third-order valence-electron chi connectivity index (χ3n) is 4.75. The number of ketones is 1. The van der Waals surface area contributed by atoms with E-state index < -0.39 is 28.3 Å². The summed E-state index contributed by atoms with van der Waals surface area (Å²) in [5.74, 6) is -1.24. The molecule has 2 aliphatic heterocycles. The van der Waals surface area contributed by atoms with Crippen LogP contribution in [0.3, 0.4) is 0 Å². The molecule has 2 amide bonds. The van der Waals surface area contributed by atoms with Crippen LogP contribution >= 0.6 is 0 Å². The van der Waals surface area contributed by atoms with Crippen molar-refractivity contribution < 1.29 is 22.8 Å². The first-order valence-electron chi connectivity index (χ1n) is 8.50. The summed E-state index contributed by atoms with van der Waals surface area (Å²) >= 11 is 0. The number of sulfonamides is 1. The van der Waals surface area contributed by atoms with Gasteiger partial charge in [0.1, 0.15) is 11.4 Å². The molecule has 0 spiro atoms. The molecule has 1 N–H and O–H groups in total. The number of hydrogen-bond acceptors (Lipinski definition) is 5. The zero-order valence-electron chi connectivity index (χ0n) is 14.3. The quantitative estimate of drug-likeness (QED) is 0.816. The minimum Gasteiger partial charge on any atom is -0.326 e. The van der Waals surface area contributed by atoms with Crippen molar-refractivity contribution >= 4 is 33.3 Å². The Morgan fingerprint density at radius 1 is 1.07 bits per heavy atom. The molecule has 4 rings (SSSR count). The Labute approximate surface area is 156 Å². The third-order valence-corrected chi connectivity index (χ3v) is 6.54. The summed E-state index contributed by atoms with van der Waals surface area (Å²) in [6.07, 6.45) is 1.73. The van der Waals surface area contributed by atoms with Crippen LogP contribution in [-0.2, 0) is 21.2 Å². The molecule has 0 aliphatic carbocycles. The van der Waals surface area contributed by atoms with Crippen LogP contribution < -0.4 is 5.32 Å². The van der Waals surface area contributed by atoms with Gasteiger partial charge in [-0.1, -0.05) is 12.1 Å². The van der Waals surface area contributed by atoms with E-state index in [-0.39, 0.29) is 16.4 Å². The summed E-state index contributed by atoms with van der Waals surface area (Å²) in [7, 11) is -4.02. The smallest absolute Gasteiger partial charge is 0.269 e. The molecule has 2 aliphatic rings. The van der Waals surface area contributed by atoms with Gasteiger partial charge in [-0.3, -0.25) is 14.4 Å². The highest BCUT2D eigenvalue weighted by molar-refractivity contribution is 7.90. The molecule has 0 bridgehead atoms. The van der Waals surface area contributed by atoms with Crippen molar-refractivity contribution in [1.82, 2.24) is 4.31 Å². The molecule has 0 unspecified atom stereocenters. The van der Waals surface area contributed by atoms with E-state index in [0.717, 1.165) is 5.56 Å². The van der Waals surface area contributed by atoms with Crippen LogP contribution in [0.2, 0.25) is 0 Å². The number of fused-ring (bicyclic) bond motifs is 2. The number of nitrogens with one attached hydrogen (secondary N) is 1. The molecule has 0 fully saturated rings. The number of anilines is 1. The number of carbonyl (C=O) groups is 3. The molecule has 0 saturated carbocycles. The summed E-state index contributed by atoms with van der Waals surface area (Å²) in [4.78, 5) is 36.7. The number of amides is 2. The molecule has 27 heavy (non-hydrogen) atoms. The SMILES string of the molecule is O=C1CCCc2cc(C(=O)CN3C(=O)c4ccccc4S3(=O)=O)ccc2N1. The summed E-state index contributed by atoms with van der Waals surface area (Å²) < 4.78 is 25.8. The Kier molecular flexibility index (Phi) is 4.07. The zero-order valence-corrected chi connectivity index (χ0v) is 15.1. The molecule has 0 radical (unpaired) electrons. The fourth-order valence-corrected chi connectivity index (χ4v) is 4.88. The maximum absolute atomic E-state index is 12.7. The number of nitrogens with zero attached hydrogens (tertiary/aromatic N) is 1. The first-order chi connectivity index (χ1) is 12.9. The molecule has 2 heterocycles. The highest BCUT2D eigenvalue weighted by atomic mass is 32.2. The standard InChI is InChI=1S/C19H16N2O5S/c22-16(13-8-9-15-12(10-13)4-3-7-18(23)20-15)11-21-19(24)14-5-1-2-6-17(14)27(21,25)26/h1-2,5-6,8-10H,3-4,7,11H2,(H,20,23). The summed E-state index contributed by atoms with van der Waals surface area (Å²) in [6.45, 7) is -0.555. The summed E-state index contributed by atoms with van der Waals surface area (Å²) in [6, 6.07) is 10.7. The average Bonchev–Trinajstić information content (AvgIpc) is 2.78. The average molecular weight is 384 g/mol. The van der Waals surface area contributed by atoms with Gasteiger partial charge in [-0.05, 0) is 48.7 Å². The van der Waals surface area contributed by atoms with E-state index in [2.05, 4.69) is 5.32 Å². The number of aryl methyl sites for hydroxylation is 1. The lowest BCUT2D eigenvalue weighted by Gasteiger charge is -2.15. The Bertz CT molecular complexity index is 1090. The predicted molar refractivity (Wildman–Crippen MR) is 97.0 cm³/mol. The normalized spacial score (nSPS) is 17.7. The van der Waals surface area contributed by atoms with Crippen molar-refractivity contribution in [2.24, 2.45) is 0 Å². The van der Waals surface area contributed by atoms with Gasteiger partial charge in [0.05, 0.1) is 5.56 Å². The molecule has 7 nitrogen and oxygen atoms in total. The van der Waals surface area contributed by atoms with Gasteiger partial charge in [0, 0.05) is 17.7 Å². The van der Waals surface area contributed by atoms with Crippen molar-refractivity contribution in [3.8, 4) is 0 Å². The van der Waals surface area contributed by atoms with Gasteiger partial charge in [0.25, 0.3) is 15.9 Å². The van der Waals surface area contributed by atoms with E-state index in [4.69, 9.17) is 0 Å². The van der Waals surface area contributed by atoms with E-state index in [1.54, 1.807) is 18.2 Å². The lowest BCUT2D eigenvalue weighted by molar-refractivity contribution is -0.116. The highest BCUT2D eigenvalue weighted by Gasteiger charge is 2.41. The maximum atomic E-state index is 12.7. The van der Waals surface area contributed by atoms with Crippen LogP contribution in [-0.4, -0.2) is 36.9 Å². The Morgan fingerprint density at radius 2 is 1.85 bits per heavy atom. The first kappa shape index (κ1) is 17.4. The fourth-order valence-electron chi connectivity index (χ4n) is 3.36. The molecule has 2 aromatic rings. The van der Waals surface area contributed by atoms with Crippen molar-refractivity contribution in [2.75, 3.05) is 11.9 Å². The van der Waals surface area contributed by atoms with Crippen molar-refractivity contribution in [1.29, 1.82) is 0 Å². The van der Waals surface area contributed by atoms with E-state index in [1.165, 1.54) is 24.3 Å². The molecule has 0 atom stereocenters. The van der Waals surface area contributed by atoms with E-state index in [9.17, 15) is 22.8 Å². The van der Waals surface area contributed by atoms with Gasteiger partial charge in [0.15, 0.2) is 5.78 Å². The van der Waals surface area contributed by atoms with Gasteiger partial charge < -0.3 is 5.32 Å². The second-order valence-corrected chi connectivity index (χ2v) is 8.34. The number of rotatable bonds is 3.